The van der Waals surface area contributed by atoms with E-state index in [9.17, 15) is 9.59 Å². The molecule has 2 aromatic carbocycles. The van der Waals surface area contributed by atoms with Crippen LogP contribution in [-0.4, -0.2) is 18.2 Å². The average Bonchev–Trinajstić information content (AvgIpc) is 2.84. The van der Waals surface area contributed by atoms with Gasteiger partial charge in [-0.1, -0.05) is 94.7 Å². The van der Waals surface area contributed by atoms with E-state index in [-0.39, 0.29) is 0 Å². The molecule has 0 radical (unpaired) electrons. The van der Waals surface area contributed by atoms with E-state index >= 15 is 0 Å². The lowest BCUT2D eigenvalue weighted by Gasteiger charge is -2.17. The Morgan fingerprint density at radius 2 is 0.972 bits per heavy atom. The summed E-state index contributed by atoms with van der Waals surface area (Å²) in [7, 11) is 0. The van der Waals surface area contributed by atoms with Gasteiger partial charge in [0.05, 0.1) is 11.1 Å². The molecule has 0 N–H and O–H groups in total. The molecule has 0 fully saturated rings. The summed E-state index contributed by atoms with van der Waals surface area (Å²) in [6.45, 7) is 9.58. The van der Waals surface area contributed by atoms with Crippen molar-refractivity contribution in [2.45, 2.75) is 105 Å². The van der Waals surface area contributed by atoms with Crippen LogP contribution in [0, 0.1) is 27.7 Å². The van der Waals surface area contributed by atoms with E-state index in [0.717, 1.165) is 41.5 Å². The smallest absolute Gasteiger partial charge is 0.290 e. The first-order chi connectivity index (χ1) is 17.3. The topological polar surface area (TPSA) is 71.1 Å². The van der Waals surface area contributed by atoms with Crippen LogP contribution in [0.25, 0.3) is 0 Å². The lowest BCUT2D eigenvalue weighted by Crippen LogP contribution is -2.23. The molecule has 2 aromatic rings. The molecular weight excluding hydrogens is 456 g/mol. The molecule has 6 heteroatoms. The van der Waals surface area contributed by atoms with Crippen molar-refractivity contribution >= 4 is 11.9 Å². The number of aryl methyl sites for hydroxylation is 4. The van der Waals surface area contributed by atoms with Crippen molar-refractivity contribution in [2.24, 2.45) is 0 Å². The molecular formula is C30H42O6. The van der Waals surface area contributed by atoms with Crippen molar-refractivity contribution in [3.63, 3.8) is 0 Å². The highest BCUT2D eigenvalue weighted by atomic mass is 17.3. The van der Waals surface area contributed by atoms with E-state index < -0.39 is 18.2 Å². The van der Waals surface area contributed by atoms with E-state index in [1.54, 1.807) is 0 Å². The zero-order valence-corrected chi connectivity index (χ0v) is 22.6. The molecule has 36 heavy (non-hydrogen) atoms. The Morgan fingerprint density at radius 3 is 1.36 bits per heavy atom. The number of carbonyl (C=O) groups excluding carboxylic acids is 2. The largest absolute Gasteiger partial charge is 0.373 e. The van der Waals surface area contributed by atoms with E-state index in [1.165, 1.54) is 38.5 Å². The SMILES string of the molecule is CCCCCCCCCCCC(OOC(=O)c1c(C)cccc1C)OOC(=O)c1c(C)cccc1C. The molecule has 0 atom stereocenters. The second-order valence-corrected chi connectivity index (χ2v) is 9.51. The highest BCUT2D eigenvalue weighted by Crippen LogP contribution is 2.19. The second kappa shape index (κ2) is 16.1. The Kier molecular flexibility index (Phi) is 13.2. The standard InChI is InChI=1S/C30H42O6/c1-6-7-8-9-10-11-12-13-14-21-26(33-35-29(31)27-22(2)17-15-18-23(27)3)34-36-30(32)28-24(4)19-16-20-25(28)5/h15-20,26H,6-14,21H2,1-5H3. The van der Waals surface area contributed by atoms with Crippen LogP contribution in [0.1, 0.15) is 114 Å². The van der Waals surface area contributed by atoms with Gasteiger partial charge in [-0.15, -0.1) is 9.78 Å². The molecule has 0 aliphatic carbocycles. The van der Waals surface area contributed by atoms with Crippen LogP contribution >= 0.6 is 0 Å². The highest BCUT2D eigenvalue weighted by Gasteiger charge is 2.22. The highest BCUT2D eigenvalue weighted by molar-refractivity contribution is 5.92. The van der Waals surface area contributed by atoms with Crippen LogP contribution in [0.2, 0.25) is 0 Å². The molecule has 0 heterocycles. The minimum absolute atomic E-state index is 0.426. The second-order valence-electron chi connectivity index (χ2n) is 9.51. The van der Waals surface area contributed by atoms with Crippen molar-refractivity contribution in [2.75, 3.05) is 0 Å². The average molecular weight is 499 g/mol. The maximum Gasteiger partial charge on any atom is 0.373 e. The zero-order chi connectivity index (χ0) is 26.3. The fourth-order valence-electron chi connectivity index (χ4n) is 4.28. The van der Waals surface area contributed by atoms with Crippen molar-refractivity contribution < 1.29 is 29.1 Å². The van der Waals surface area contributed by atoms with Gasteiger partial charge in [0.25, 0.3) is 0 Å². The molecule has 0 aliphatic heterocycles. The Balaban J connectivity index is 1.91. The van der Waals surface area contributed by atoms with Crippen LogP contribution in [0.4, 0.5) is 0 Å². The van der Waals surface area contributed by atoms with E-state index in [0.29, 0.717) is 17.5 Å². The summed E-state index contributed by atoms with van der Waals surface area (Å²) in [5.41, 5.74) is 4.07. The van der Waals surface area contributed by atoms with Gasteiger partial charge >= 0.3 is 11.9 Å². The number of carbonyl (C=O) groups is 2. The predicted molar refractivity (Wildman–Crippen MR) is 140 cm³/mol. The van der Waals surface area contributed by atoms with Gasteiger partial charge in [0.1, 0.15) is 0 Å². The molecule has 0 unspecified atom stereocenters. The molecule has 2 rings (SSSR count). The predicted octanol–water partition coefficient (Wildman–Crippen LogP) is 8.04. The van der Waals surface area contributed by atoms with E-state index in [2.05, 4.69) is 6.92 Å². The monoisotopic (exact) mass is 498 g/mol. The number of hydrogen-bond acceptors (Lipinski definition) is 6. The van der Waals surface area contributed by atoms with Crippen molar-refractivity contribution in [3.05, 3.63) is 69.8 Å². The molecule has 0 aliphatic rings. The first-order valence-electron chi connectivity index (χ1n) is 13.2. The Morgan fingerprint density at radius 1 is 0.611 bits per heavy atom. The summed E-state index contributed by atoms with van der Waals surface area (Å²) in [4.78, 5) is 46.2. The third-order valence-corrected chi connectivity index (χ3v) is 6.38. The molecule has 6 nitrogen and oxygen atoms in total. The number of unbranched alkanes of at least 4 members (excludes halogenated alkanes) is 8. The van der Waals surface area contributed by atoms with Crippen LogP contribution < -0.4 is 0 Å². The minimum atomic E-state index is -1.02. The van der Waals surface area contributed by atoms with Gasteiger partial charge in [0.2, 0.25) is 6.29 Å². The van der Waals surface area contributed by atoms with Gasteiger partial charge in [-0.2, -0.15) is 0 Å². The Labute approximate surface area is 216 Å². The third kappa shape index (κ3) is 9.75. The molecule has 0 spiro atoms. The summed E-state index contributed by atoms with van der Waals surface area (Å²) in [6, 6.07) is 11.1. The van der Waals surface area contributed by atoms with Crippen molar-refractivity contribution in [1.29, 1.82) is 0 Å². The van der Waals surface area contributed by atoms with Crippen LogP contribution in [-0.2, 0) is 19.6 Å². The van der Waals surface area contributed by atoms with Gasteiger partial charge in [-0.3, -0.25) is 9.78 Å². The Bertz CT molecular complexity index is 860. The summed E-state index contributed by atoms with van der Waals surface area (Å²) >= 11 is 0. The van der Waals surface area contributed by atoms with Gasteiger partial charge in [0, 0.05) is 6.42 Å². The molecule has 198 valence electrons. The normalized spacial score (nSPS) is 11.1. The van der Waals surface area contributed by atoms with Gasteiger partial charge in [-0.25, -0.2) is 9.59 Å². The number of rotatable bonds is 16. The fraction of sp³-hybridized carbons (Fsp3) is 0.533. The first kappa shape index (κ1) is 29.5. The first-order valence-corrected chi connectivity index (χ1v) is 13.2. The van der Waals surface area contributed by atoms with Gasteiger partial charge in [0.15, 0.2) is 0 Å². The lowest BCUT2D eigenvalue weighted by molar-refractivity contribution is -0.421. The van der Waals surface area contributed by atoms with E-state index in [1.807, 2.05) is 64.1 Å². The fourth-order valence-corrected chi connectivity index (χ4v) is 4.28. The summed E-state index contributed by atoms with van der Waals surface area (Å²) in [5, 5.41) is 0. The molecule has 0 saturated carbocycles. The van der Waals surface area contributed by atoms with Crippen LogP contribution in [0.5, 0.6) is 0 Å². The van der Waals surface area contributed by atoms with Crippen molar-refractivity contribution in [1.82, 2.24) is 0 Å². The number of benzene rings is 2. The van der Waals surface area contributed by atoms with Gasteiger partial charge < -0.3 is 0 Å². The quantitative estimate of drug-likeness (QED) is 0.101. The van der Waals surface area contributed by atoms with E-state index in [4.69, 9.17) is 19.6 Å². The summed E-state index contributed by atoms with van der Waals surface area (Å²) in [5.74, 6) is -1.21. The zero-order valence-electron chi connectivity index (χ0n) is 22.6. The molecule has 0 aromatic heterocycles. The summed E-state index contributed by atoms with van der Waals surface area (Å²) < 4.78 is 0. The molecule has 0 bridgehead atoms. The van der Waals surface area contributed by atoms with Crippen molar-refractivity contribution in [3.8, 4) is 0 Å². The summed E-state index contributed by atoms with van der Waals surface area (Å²) in [6.07, 6.45) is 9.89. The lowest BCUT2D eigenvalue weighted by atomic mass is 10.0. The van der Waals surface area contributed by atoms with Crippen LogP contribution in [0.15, 0.2) is 36.4 Å². The molecule has 0 amide bonds. The Hall–Kier alpha value is -2.70. The molecule has 0 saturated heterocycles. The number of hydrogen-bond donors (Lipinski definition) is 0. The van der Waals surface area contributed by atoms with Crippen LogP contribution in [0.3, 0.4) is 0 Å². The maximum atomic E-state index is 12.7. The third-order valence-electron chi connectivity index (χ3n) is 6.38. The minimum Gasteiger partial charge on any atom is -0.290 e. The van der Waals surface area contributed by atoms with Gasteiger partial charge in [-0.05, 0) is 56.4 Å². The maximum absolute atomic E-state index is 12.7.